The van der Waals surface area contributed by atoms with Crippen molar-refractivity contribution in [1.29, 1.82) is 0 Å². The summed E-state index contributed by atoms with van der Waals surface area (Å²) in [4.78, 5) is 63.7. The first-order valence-electron chi connectivity index (χ1n) is 41.1. The number of ether oxygens (including phenoxy) is 4. The minimum atomic E-state index is -0.394. The molecule has 5 heterocycles. The normalized spacial score (nSPS) is 11.4. The summed E-state index contributed by atoms with van der Waals surface area (Å²) in [5, 5.41) is 0. The first kappa shape index (κ1) is 84.3. The van der Waals surface area contributed by atoms with Gasteiger partial charge < -0.3 is 28.5 Å². The van der Waals surface area contributed by atoms with Crippen LogP contribution in [-0.4, -0.2) is 69.8 Å². The standard InChI is InChI=1S/C104H102N4O8.Pt/c1-5-92(109)113-69-33-13-9-21-37-74-49-57-81(58-50-74)96-87-65-66-89(105-87)97(82-59-51-75(52-60-82)38-22-10-14-34-70-114-93(110)6-2)91-73-86(78-41-25-17-26-42-78)102(107-91)101(84-63-55-77(56-64-84)40-24-12-16-36-72-116-95(112)8-4)104-100(80-45-29-19-30-46-80)99(79-43-27-18-28-44-79)103(108(104)85-47-31-20-32-48-85)98(90-68-67-88(96)106-90)83-61-53-76(54-62-83)39-23-11-15-35-71-115-94(111)7-3;/h5-8,17-20,25-32,41-68,73,105H,1-4,9-16,21-24,33-40,69-72H2;/q;+2. The predicted octanol–water partition coefficient (Wildman–Crippen LogP) is 24.9. The van der Waals surface area contributed by atoms with E-state index in [9.17, 15) is 19.2 Å². The van der Waals surface area contributed by atoms with Crippen LogP contribution >= 0.6 is 0 Å². The van der Waals surface area contributed by atoms with E-state index in [1.165, 1.54) is 46.6 Å². The van der Waals surface area contributed by atoms with Gasteiger partial charge >= 0.3 is 44.9 Å². The molecule has 13 rings (SSSR count). The Labute approximate surface area is 702 Å². The van der Waals surface area contributed by atoms with Gasteiger partial charge in [-0.15, -0.1) is 0 Å². The van der Waals surface area contributed by atoms with Crippen molar-refractivity contribution in [1.82, 2.24) is 19.5 Å². The van der Waals surface area contributed by atoms with Crippen LogP contribution in [0.25, 0.3) is 118 Å². The summed E-state index contributed by atoms with van der Waals surface area (Å²) in [6.07, 6.45) is 30.0. The summed E-state index contributed by atoms with van der Waals surface area (Å²) >= 11 is 0. The SMILES string of the molecule is C=CC(=O)OCCCCCCc1ccc(-c2c3nc(c(-c4ccc(CCCCCCOC(=O)C=C)cc4)c4c(-c5ccccc5)c(-c5ccccc5)c(c(-c5ccc(CCCCCCOC(=O)C=C)cc5)c5nc(c(-c6ccc(CCCCCCOC(=O)C=C)cc6)c6ccc2[nH]6)C=C5c2ccccc2)n4-c2ccccc2)C=C3)cc1.[Pt+2]. The zero-order valence-electron chi connectivity index (χ0n) is 66.7. The number of hydrogen-bond donors (Lipinski definition) is 1. The number of esters is 4. The van der Waals surface area contributed by atoms with Gasteiger partial charge in [-0.3, -0.25) is 0 Å². The van der Waals surface area contributed by atoms with Crippen LogP contribution in [0.2, 0.25) is 0 Å². The van der Waals surface area contributed by atoms with E-state index in [0.29, 0.717) is 26.4 Å². The zero-order valence-corrected chi connectivity index (χ0v) is 69.0. The van der Waals surface area contributed by atoms with Crippen molar-refractivity contribution < 1.29 is 59.2 Å². The Morgan fingerprint density at radius 3 is 0.974 bits per heavy atom. The van der Waals surface area contributed by atoms with Crippen LogP contribution in [0.3, 0.4) is 0 Å². The number of carbonyl (C=O) groups excluding carboxylic acids is 4. The van der Waals surface area contributed by atoms with Crippen molar-refractivity contribution in [3.8, 4) is 72.4 Å². The molecule has 3 aromatic heterocycles. The number of benzene rings is 8. The van der Waals surface area contributed by atoms with Crippen LogP contribution in [0.15, 0.2) is 281 Å². The molecule has 0 fully saturated rings. The first-order valence-corrected chi connectivity index (χ1v) is 41.1. The van der Waals surface area contributed by atoms with Crippen molar-refractivity contribution in [2.24, 2.45) is 0 Å². The molecule has 0 spiro atoms. The van der Waals surface area contributed by atoms with Gasteiger partial charge in [0.05, 0.1) is 60.2 Å². The van der Waals surface area contributed by atoms with Gasteiger partial charge in [-0.2, -0.15) is 0 Å². The smallest absolute Gasteiger partial charge is 0.463 e. The molecule has 594 valence electrons. The van der Waals surface area contributed by atoms with Crippen LogP contribution < -0.4 is 0 Å². The van der Waals surface area contributed by atoms with E-state index in [0.717, 1.165) is 257 Å². The predicted molar refractivity (Wildman–Crippen MR) is 474 cm³/mol. The number of unbranched alkanes of at least 4 members (excludes halogenated alkanes) is 12. The zero-order chi connectivity index (χ0) is 80.2. The third-order valence-electron chi connectivity index (χ3n) is 21.6. The molecule has 8 bridgehead atoms. The summed E-state index contributed by atoms with van der Waals surface area (Å²) in [5.74, 6) is -1.57. The number of para-hydroxylation sites is 1. The summed E-state index contributed by atoms with van der Waals surface area (Å²) in [6, 6.07) is 84.2. The molecule has 0 atom stereocenters. The molecule has 0 aliphatic carbocycles. The molecule has 0 saturated carbocycles. The molecule has 0 unspecified atom stereocenters. The molecule has 1 N–H and O–H groups in total. The Hall–Kier alpha value is -12.1. The molecule has 0 saturated heterocycles. The maximum Gasteiger partial charge on any atom is 2.00 e. The maximum absolute atomic E-state index is 11.9. The number of hydrogen-bond acceptors (Lipinski definition) is 10. The first-order chi connectivity index (χ1) is 57.1. The van der Waals surface area contributed by atoms with Crippen LogP contribution in [0.5, 0.6) is 0 Å². The molecule has 117 heavy (non-hydrogen) atoms. The number of fused-ring (bicyclic) bond motifs is 8. The van der Waals surface area contributed by atoms with Crippen LogP contribution in [0.4, 0.5) is 0 Å². The van der Waals surface area contributed by atoms with E-state index in [4.69, 9.17) is 28.9 Å². The van der Waals surface area contributed by atoms with Gasteiger partial charge in [-0.05, 0) is 181 Å². The summed E-state index contributed by atoms with van der Waals surface area (Å²) < 4.78 is 23.8. The van der Waals surface area contributed by atoms with Crippen LogP contribution in [0, 0.1) is 0 Å². The second kappa shape index (κ2) is 43.0. The number of aromatic amines is 1. The molecule has 2 aliphatic rings. The number of nitrogens with zero attached hydrogens (tertiary/aromatic N) is 3. The number of aromatic nitrogens is 4. The average Bonchev–Trinajstić information content (AvgIpc) is 1.55. The second-order valence-corrected chi connectivity index (χ2v) is 29.6. The van der Waals surface area contributed by atoms with Crippen molar-refractivity contribution in [2.45, 2.75) is 128 Å². The molecule has 11 aromatic rings. The fraction of sp³-hybridized carbons (Fsp3) is 0.231. The molecule has 0 amide bonds. The number of rotatable bonds is 40. The molecular weight excluding hydrogens is 1630 g/mol. The number of aryl methyl sites for hydroxylation is 4. The van der Waals surface area contributed by atoms with Crippen molar-refractivity contribution >= 4 is 69.7 Å². The molecular formula is C104H102N4O8Pt+2. The fourth-order valence-corrected chi connectivity index (χ4v) is 15.6. The maximum atomic E-state index is 11.9. The topological polar surface area (TPSA) is 152 Å². The van der Waals surface area contributed by atoms with E-state index >= 15 is 0 Å². The van der Waals surface area contributed by atoms with Gasteiger partial charge in [0.25, 0.3) is 0 Å². The van der Waals surface area contributed by atoms with E-state index in [1.54, 1.807) is 0 Å². The Balaban J connectivity index is 0.0000126. The van der Waals surface area contributed by atoms with Gasteiger partial charge in [0.1, 0.15) is 0 Å². The summed E-state index contributed by atoms with van der Waals surface area (Å²) in [6.45, 7) is 15.7. The average molecular weight is 1730 g/mol. The van der Waals surface area contributed by atoms with Crippen molar-refractivity contribution in [3.05, 3.63) is 332 Å². The van der Waals surface area contributed by atoms with E-state index in [1.807, 2.05) is 0 Å². The quantitative estimate of drug-likeness (QED) is 0.0170. The van der Waals surface area contributed by atoms with Crippen molar-refractivity contribution in [3.63, 3.8) is 0 Å². The van der Waals surface area contributed by atoms with E-state index in [-0.39, 0.29) is 27.0 Å². The van der Waals surface area contributed by atoms with Crippen molar-refractivity contribution in [2.75, 3.05) is 26.4 Å². The van der Waals surface area contributed by atoms with E-state index < -0.39 is 17.9 Å². The molecule has 2 aliphatic heterocycles. The van der Waals surface area contributed by atoms with Gasteiger partial charge in [-0.1, -0.05) is 284 Å². The fourth-order valence-electron chi connectivity index (χ4n) is 15.6. The largest absolute Gasteiger partial charge is 2.00 e. The molecule has 0 radical (unpaired) electrons. The molecule has 8 aromatic carbocycles. The molecule has 12 nitrogen and oxygen atoms in total. The van der Waals surface area contributed by atoms with Gasteiger partial charge in [-0.25, -0.2) is 29.1 Å². The van der Waals surface area contributed by atoms with E-state index in [2.05, 4.69) is 285 Å². The van der Waals surface area contributed by atoms with Gasteiger partial charge in [0.2, 0.25) is 0 Å². The summed E-state index contributed by atoms with van der Waals surface area (Å²) in [7, 11) is 0. The van der Waals surface area contributed by atoms with Gasteiger partial charge in [0, 0.05) is 80.0 Å². The number of nitrogens with one attached hydrogen (secondary N) is 1. The Kier molecular flexibility index (Phi) is 31.0. The number of H-pyrrole nitrogens is 1. The Morgan fingerprint density at radius 1 is 0.308 bits per heavy atom. The molecule has 13 heteroatoms. The minimum absolute atomic E-state index is 0. The third kappa shape index (κ3) is 21.9. The third-order valence-corrected chi connectivity index (χ3v) is 21.6. The monoisotopic (exact) mass is 1730 g/mol. The minimum Gasteiger partial charge on any atom is -0.463 e. The van der Waals surface area contributed by atoms with Crippen LogP contribution in [-0.2, 0) is 84.9 Å². The Morgan fingerprint density at radius 2 is 0.607 bits per heavy atom. The second-order valence-electron chi connectivity index (χ2n) is 29.6. The number of carbonyl (C=O) groups is 4. The van der Waals surface area contributed by atoms with Gasteiger partial charge in [0.15, 0.2) is 0 Å². The Bertz CT molecular complexity index is 5490. The summed E-state index contributed by atoms with van der Waals surface area (Å²) in [5.41, 5.74) is 26.5. The van der Waals surface area contributed by atoms with Crippen LogP contribution in [0.1, 0.15) is 153 Å².